The van der Waals surface area contributed by atoms with Gasteiger partial charge < -0.3 is 10.1 Å². The molecule has 6 nitrogen and oxygen atoms in total. The highest BCUT2D eigenvalue weighted by molar-refractivity contribution is 6.43. The number of hydrogen-bond donors (Lipinski definition) is 1. The molecule has 4 rings (SSSR count). The van der Waals surface area contributed by atoms with Gasteiger partial charge in [0, 0.05) is 12.1 Å². The highest BCUT2D eigenvalue weighted by Crippen LogP contribution is 2.30. The number of tetrazole rings is 1. The molecule has 29 heavy (non-hydrogen) atoms. The fourth-order valence-corrected chi connectivity index (χ4v) is 3.15. The van der Waals surface area contributed by atoms with Gasteiger partial charge in [-0.05, 0) is 47.7 Å². The van der Waals surface area contributed by atoms with Gasteiger partial charge in [-0.3, -0.25) is 0 Å². The highest BCUT2D eigenvalue weighted by atomic mass is 35.5. The standard InChI is InChI=1S/C21H17Cl2N5O/c1-14-9-11-16(12-10-14)29-19-8-3-2-5-15(19)13-24-21-25-26-27-28(21)18-7-4-6-17(22)20(18)23/h2-12H,13H2,1H3,(H,24,25,27). The summed E-state index contributed by atoms with van der Waals surface area (Å²) in [7, 11) is 0. The lowest BCUT2D eigenvalue weighted by atomic mass is 10.2. The summed E-state index contributed by atoms with van der Waals surface area (Å²) in [4.78, 5) is 0. The molecule has 1 aromatic heterocycles. The first-order valence-electron chi connectivity index (χ1n) is 8.91. The quantitative estimate of drug-likeness (QED) is 0.430. The van der Waals surface area contributed by atoms with E-state index in [0.29, 0.717) is 28.2 Å². The van der Waals surface area contributed by atoms with Gasteiger partial charge in [0.05, 0.1) is 15.7 Å². The van der Waals surface area contributed by atoms with E-state index in [-0.39, 0.29) is 0 Å². The van der Waals surface area contributed by atoms with Crippen molar-refractivity contribution < 1.29 is 4.74 Å². The van der Waals surface area contributed by atoms with Crippen LogP contribution >= 0.6 is 23.2 Å². The molecule has 0 aliphatic carbocycles. The third-order valence-electron chi connectivity index (χ3n) is 4.29. The first-order valence-corrected chi connectivity index (χ1v) is 9.66. The minimum absolute atomic E-state index is 0.382. The van der Waals surface area contributed by atoms with Crippen molar-refractivity contribution in [1.82, 2.24) is 20.2 Å². The van der Waals surface area contributed by atoms with E-state index in [1.54, 1.807) is 18.2 Å². The third-order valence-corrected chi connectivity index (χ3v) is 5.10. The summed E-state index contributed by atoms with van der Waals surface area (Å²) in [5.74, 6) is 1.97. The Hall–Kier alpha value is -3.09. The molecule has 0 radical (unpaired) electrons. The molecule has 1 N–H and O–H groups in total. The largest absolute Gasteiger partial charge is 0.457 e. The number of aromatic nitrogens is 4. The van der Waals surface area contributed by atoms with Crippen LogP contribution in [-0.2, 0) is 6.54 Å². The lowest BCUT2D eigenvalue weighted by Crippen LogP contribution is -2.08. The Morgan fingerprint density at radius 1 is 0.966 bits per heavy atom. The number of benzene rings is 3. The molecule has 0 saturated heterocycles. The molecule has 0 atom stereocenters. The zero-order chi connectivity index (χ0) is 20.2. The molecule has 0 unspecified atom stereocenters. The minimum atomic E-state index is 0.382. The van der Waals surface area contributed by atoms with Gasteiger partial charge >= 0.3 is 0 Å². The van der Waals surface area contributed by atoms with Crippen LogP contribution in [0.4, 0.5) is 5.95 Å². The van der Waals surface area contributed by atoms with Crippen molar-refractivity contribution in [2.45, 2.75) is 13.5 Å². The fraction of sp³-hybridized carbons (Fsp3) is 0.0952. The van der Waals surface area contributed by atoms with E-state index in [0.717, 1.165) is 17.1 Å². The fourth-order valence-electron chi connectivity index (χ4n) is 2.77. The van der Waals surface area contributed by atoms with Crippen molar-refractivity contribution in [1.29, 1.82) is 0 Å². The maximum Gasteiger partial charge on any atom is 0.248 e. The number of para-hydroxylation sites is 1. The van der Waals surface area contributed by atoms with E-state index in [9.17, 15) is 0 Å². The van der Waals surface area contributed by atoms with Crippen LogP contribution < -0.4 is 10.1 Å². The number of nitrogens with one attached hydrogen (secondary N) is 1. The average molecular weight is 426 g/mol. The lowest BCUT2D eigenvalue weighted by Gasteiger charge is -2.13. The molecule has 0 aliphatic heterocycles. The van der Waals surface area contributed by atoms with Crippen LogP contribution in [0.15, 0.2) is 66.7 Å². The first kappa shape index (κ1) is 19.2. The van der Waals surface area contributed by atoms with Gasteiger partial charge in [0.15, 0.2) is 0 Å². The molecule has 3 aromatic carbocycles. The van der Waals surface area contributed by atoms with Gasteiger partial charge in [-0.1, -0.05) is 70.3 Å². The summed E-state index contributed by atoms with van der Waals surface area (Å²) in [5.41, 5.74) is 2.73. The Morgan fingerprint density at radius 3 is 2.59 bits per heavy atom. The second kappa shape index (κ2) is 8.51. The normalized spacial score (nSPS) is 10.7. The van der Waals surface area contributed by atoms with E-state index in [2.05, 4.69) is 20.8 Å². The molecule has 0 fully saturated rings. The maximum absolute atomic E-state index is 6.30. The molecule has 0 spiro atoms. The van der Waals surface area contributed by atoms with Crippen LogP contribution in [0.3, 0.4) is 0 Å². The monoisotopic (exact) mass is 425 g/mol. The number of ether oxygens (including phenoxy) is 1. The Morgan fingerprint density at radius 2 is 1.76 bits per heavy atom. The number of nitrogens with zero attached hydrogens (tertiary/aromatic N) is 4. The molecule has 0 aliphatic rings. The summed E-state index contributed by atoms with van der Waals surface area (Å²) < 4.78 is 7.56. The molecular weight excluding hydrogens is 409 g/mol. The molecule has 0 amide bonds. The zero-order valence-electron chi connectivity index (χ0n) is 15.5. The van der Waals surface area contributed by atoms with Crippen LogP contribution in [0, 0.1) is 6.92 Å². The van der Waals surface area contributed by atoms with Crippen LogP contribution in [0.5, 0.6) is 11.5 Å². The molecular formula is C21H17Cl2N5O. The van der Waals surface area contributed by atoms with Gasteiger partial charge in [0.2, 0.25) is 5.95 Å². The smallest absolute Gasteiger partial charge is 0.248 e. The summed E-state index contributed by atoms with van der Waals surface area (Å²) in [6, 6.07) is 21.0. The van der Waals surface area contributed by atoms with Crippen molar-refractivity contribution >= 4 is 29.2 Å². The number of halogens is 2. The van der Waals surface area contributed by atoms with Crippen molar-refractivity contribution in [3.8, 4) is 17.2 Å². The molecule has 1 heterocycles. The van der Waals surface area contributed by atoms with E-state index < -0.39 is 0 Å². The Bertz CT molecular complexity index is 1130. The summed E-state index contributed by atoms with van der Waals surface area (Å²) >= 11 is 12.4. The van der Waals surface area contributed by atoms with E-state index in [1.807, 2.05) is 55.5 Å². The predicted octanol–water partition coefficient (Wildman–Crippen LogP) is 5.68. The number of rotatable bonds is 6. The Kier molecular flexibility index (Phi) is 5.64. The Balaban J connectivity index is 1.54. The topological polar surface area (TPSA) is 64.9 Å². The summed E-state index contributed by atoms with van der Waals surface area (Å²) in [5, 5.41) is 15.9. The van der Waals surface area contributed by atoms with Crippen molar-refractivity contribution in [2.75, 3.05) is 5.32 Å². The van der Waals surface area contributed by atoms with Gasteiger partial charge in [0.25, 0.3) is 0 Å². The van der Waals surface area contributed by atoms with Gasteiger partial charge in [-0.15, -0.1) is 0 Å². The Labute approximate surface area is 178 Å². The van der Waals surface area contributed by atoms with Crippen LogP contribution in [-0.4, -0.2) is 20.2 Å². The molecule has 8 heteroatoms. The number of hydrogen-bond acceptors (Lipinski definition) is 5. The maximum atomic E-state index is 6.30. The van der Waals surface area contributed by atoms with Crippen LogP contribution in [0.1, 0.15) is 11.1 Å². The molecule has 0 saturated carbocycles. The third kappa shape index (κ3) is 4.34. The van der Waals surface area contributed by atoms with Crippen molar-refractivity contribution in [2.24, 2.45) is 0 Å². The van der Waals surface area contributed by atoms with E-state index in [4.69, 9.17) is 27.9 Å². The predicted molar refractivity (Wildman–Crippen MR) is 114 cm³/mol. The number of anilines is 1. The summed E-state index contributed by atoms with van der Waals surface area (Å²) in [6.45, 7) is 2.50. The first-order chi connectivity index (χ1) is 14.1. The molecule has 146 valence electrons. The van der Waals surface area contributed by atoms with Gasteiger partial charge in [-0.25, -0.2) is 0 Å². The second-order valence-corrected chi connectivity index (χ2v) is 7.15. The summed E-state index contributed by atoms with van der Waals surface area (Å²) in [6.07, 6.45) is 0. The van der Waals surface area contributed by atoms with Crippen molar-refractivity contribution in [3.63, 3.8) is 0 Å². The van der Waals surface area contributed by atoms with Gasteiger partial charge in [-0.2, -0.15) is 4.68 Å². The minimum Gasteiger partial charge on any atom is -0.457 e. The van der Waals surface area contributed by atoms with E-state index in [1.165, 1.54) is 10.2 Å². The van der Waals surface area contributed by atoms with Gasteiger partial charge in [0.1, 0.15) is 11.5 Å². The molecule has 0 bridgehead atoms. The average Bonchev–Trinajstić information content (AvgIpc) is 3.19. The highest BCUT2D eigenvalue weighted by Gasteiger charge is 2.14. The second-order valence-electron chi connectivity index (χ2n) is 6.36. The van der Waals surface area contributed by atoms with E-state index >= 15 is 0 Å². The zero-order valence-corrected chi connectivity index (χ0v) is 17.0. The van der Waals surface area contributed by atoms with Crippen molar-refractivity contribution in [3.05, 3.63) is 87.9 Å². The lowest BCUT2D eigenvalue weighted by molar-refractivity contribution is 0.477. The number of aryl methyl sites for hydroxylation is 1. The molecule has 4 aromatic rings. The van der Waals surface area contributed by atoms with Crippen LogP contribution in [0.2, 0.25) is 10.0 Å². The SMILES string of the molecule is Cc1ccc(Oc2ccccc2CNc2nnnn2-c2cccc(Cl)c2Cl)cc1. The van der Waals surface area contributed by atoms with Crippen LogP contribution in [0.25, 0.3) is 5.69 Å².